The van der Waals surface area contributed by atoms with Crippen LogP contribution in [-0.4, -0.2) is 31.6 Å². The van der Waals surface area contributed by atoms with Crippen LogP contribution in [0, 0.1) is 13.8 Å². The molecule has 3 rings (SSSR count). The highest BCUT2D eigenvalue weighted by Crippen LogP contribution is 2.48. The highest BCUT2D eigenvalue weighted by molar-refractivity contribution is 7.92. The highest BCUT2D eigenvalue weighted by atomic mass is 35.5. The minimum Gasteiger partial charge on any atom is -0.338 e. The first kappa shape index (κ1) is 21.9. The molecule has 2 aromatic rings. The Morgan fingerprint density at radius 3 is 2.56 bits per heavy atom. The minimum absolute atomic E-state index is 0. The molecule has 0 radical (unpaired) electrons. The second kappa shape index (κ2) is 8.29. The van der Waals surface area contributed by atoms with Gasteiger partial charge in [-0.3, -0.25) is 0 Å². The van der Waals surface area contributed by atoms with Gasteiger partial charge in [-0.05, 0) is 57.9 Å². The van der Waals surface area contributed by atoms with Gasteiger partial charge in [0.2, 0.25) is 5.89 Å². The topological polar surface area (TPSA) is 85.1 Å². The third-order valence-electron chi connectivity index (χ3n) is 5.40. The zero-order chi connectivity index (χ0) is 18.9. The number of halogens is 1. The average molecular weight is 414 g/mol. The van der Waals surface area contributed by atoms with Gasteiger partial charge in [-0.25, -0.2) is 8.42 Å². The zero-order valence-electron chi connectivity index (χ0n) is 16.3. The number of nitrogens with zero attached hydrogens (tertiary/aromatic N) is 2. The van der Waals surface area contributed by atoms with Crippen LogP contribution in [0.3, 0.4) is 0 Å². The van der Waals surface area contributed by atoms with Crippen LogP contribution >= 0.6 is 12.4 Å². The van der Waals surface area contributed by atoms with Crippen molar-refractivity contribution in [3.8, 4) is 0 Å². The number of aromatic nitrogens is 2. The van der Waals surface area contributed by atoms with Crippen LogP contribution in [-0.2, 0) is 21.0 Å². The number of rotatable bonds is 6. The predicted molar refractivity (Wildman–Crippen MR) is 107 cm³/mol. The fourth-order valence-electron chi connectivity index (χ4n) is 3.65. The van der Waals surface area contributed by atoms with Gasteiger partial charge in [0.1, 0.15) is 0 Å². The lowest BCUT2D eigenvalue weighted by Crippen LogP contribution is -2.34. The van der Waals surface area contributed by atoms with Crippen molar-refractivity contribution < 1.29 is 12.9 Å². The number of nitrogens with one attached hydrogen (secondary N) is 1. The Bertz CT molecular complexity index is 889. The quantitative estimate of drug-likeness (QED) is 0.780. The Hall–Kier alpha value is -1.44. The van der Waals surface area contributed by atoms with E-state index in [2.05, 4.69) is 15.5 Å². The molecule has 0 aliphatic heterocycles. The molecule has 1 heterocycles. The van der Waals surface area contributed by atoms with E-state index in [0.29, 0.717) is 30.0 Å². The number of hydrogen-bond donors (Lipinski definition) is 1. The Morgan fingerprint density at radius 2 is 1.93 bits per heavy atom. The maximum Gasteiger partial charge on any atom is 0.248 e. The molecule has 1 aliphatic carbocycles. The fourth-order valence-corrected chi connectivity index (χ4v) is 6.04. The maximum atomic E-state index is 13.7. The summed E-state index contributed by atoms with van der Waals surface area (Å²) in [6, 6.07) is 5.74. The summed E-state index contributed by atoms with van der Waals surface area (Å²) in [6.07, 6.45) is 3.32. The Labute approximate surface area is 167 Å². The molecule has 1 saturated carbocycles. The zero-order valence-corrected chi connectivity index (χ0v) is 17.9. The summed E-state index contributed by atoms with van der Waals surface area (Å²) < 4.78 is 31.8. The van der Waals surface area contributed by atoms with Crippen LogP contribution in [0.25, 0.3) is 0 Å². The van der Waals surface area contributed by atoms with E-state index >= 15 is 0 Å². The number of hydrogen-bond acceptors (Lipinski definition) is 6. The van der Waals surface area contributed by atoms with Gasteiger partial charge in [0.05, 0.1) is 4.90 Å². The molecule has 0 saturated heterocycles. The first-order chi connectivity index (χ1) is 12.3. The van der Waals surface area contributed by atoms with Crippen LogP contribution in [0.2, 0.25) is 0 Å². The van der Waals surface area contributed by atoms with Gasteiger partial charge in [-0.1, -0.05) is 30.1 Å². The summed E-state index contributed by atoms with van der Waals surface area (Å²) in [5.41, 5.74) is 1.68. The number of aryl methyl sites for hydroxylation is 2. The van der Waals surface area contributed by atoms with Crippen LogP contribution in [0.15, 0.2) is 27.6 Å². The summed E-state index contributed by atoms with van der Waals surface area (Å²) >= 11 is 0. The molecule has 6 nitrogen and oxygen atoms in total. The van der Waals surface area contributed by atoms with Gasteiger partial charge in [0.15, 0.2) is 20.4 Å². The van der Waals surface area contributed by atoms with Crippen molar-refractivity contribution in [2.24, 2.45) is 0 Å². The third-order valence-corrected chi connectivity index (χ3v) is 8.03. The van der Waals surface area contributed by atoms with Crippen molar-refractivity contribution >= 4 is 22.2 Å². The molecule has 1 aliphatic rings. The first-order valence-corrected chi connectivity index (χ1v) is 10.6. The average Bonchev–Trinajstić information content (AvgIpc) is 3.26. The molecule has 1 aromatic heterocycles. The third kappa shape index (κ3) is 3.91. The van der Waals surface area contributed by atoms with Crippen molar-refractivity contribution in [2.75, 3.05) is 7.05 Å². The summed E-state index contributed by atoms with van der Waals surface area (Å²) in [5.74, 6) is 0.790. The van der Waals surface area contributed by atoms with Crippen LogP contribution in [0.1, 0.15) is 55.4 Å². The van der Waals surface area contributed by atoms with Gasteiger partial charge in [0, 0.05) is 12.5 Å². The molecule has 1 atom stereocenters. The van der Waals surface area contributed by atoms with Crippen molar-refractivity contribution in [1.29, 1.82) is 0 Å². The molecule has 0 amide bonds. The Balaban J connectivity index is 0.00000261. The summed E-state index contributed by atoms with van der Waals surface area (Å²) in [6.45, 7) is 5.76. The monoisotopic (exact) mass is 413 g/mol. The molecule has 1 aromatic carbocycles. The van der Waals surface area contributed by atoms with Crippen LogP contribution in [0.5, 0.6) is 0 Å². The smallest absolute Gasteiger partial charge is 0.248 e. The molecule has 0 bridgehead atoms. The molecule has 8 heteroatoms. The first-order valence-electron chi connectivity index (χ1n) is 9.12. The molecule has 1 N–H and O–H groups in total. The summed E-state index contributed by atoms with van der Waals surface area (Å²) in [4.78, 5) is 4.88. The minimum atomic E-state index is -3.64. The normalized spacial score (nSPS) is 17.5. The van der Waals surface area contributed by atoms with Crippen LogP contribution in [0.4, 0.5) is 0 Å². The van der Waals surface area contributed by atoms with Crippen molar-refractivity contribution in [1.82, 2.24) is 15.5 Å². The second-order valence-corrected chi connectivity index (χ2v) is 9.61. The number of sulfone groups is 1. The lowest BCUT2D eigenvalue weighted by Gasteiger charge is -2.25. The van der Waals surface area contributed by atoms with E-state index in [4.69, 9.17) is 4.52 Å². The molecule has 0 spiro atoms. The van der Waals surface area contributed by atoms with E-state index in [1.807, 2.05) is 40.0 Å². The van der Waals surface area contributed by atoms with E-state index in [0.717, 1.165) is 24.0 Å². The van der Waals surface area contributed by atoms with E-state index in [1.54, 1.807) is 6.07 Å². The Morgan fingerprint density at radius 1 is 1.26 bits per heavy atom. The predicted octanol–water partition coefficient (Wildman–Crippen LogP) is 3.50. The van der Waals surface area contributed by atoms with Gasteiger partial charge >= 0.3 is 0 Å². The van der Waals surface area contributed by atoms with E-state index in [9.17, 15) is 8.42 Å². The lowest BCUT2D eigenvalue weighted by molar-refractivity contribution is 0.327. The molecule has 1 unspecified atom stereocenters. The molecule has 27 heavy (non-hydrogen) atoms. The van der Waals surface area contributed by atoms with Crippen molar-refractivity contribution in [2.45, 2.75) is 68.6 Å². The SMILES string of the molecule is CNC(C)Cc1noc(C2(S(=O)(=O)c3cc(C)ccc3C)CCCC2)n1.Cl. The molecule has 150 valence electrons. The highest BCUT2D eigenvalue weighted by Gasteiger charge is 2.53. The lowest BCUT2D eigenvalue weighted by atomic mass is 10.1. The van der Waals surface area contributed by atoms with E-state index in [1.165, 1.54) is 0 Å². The standard InChI is InChI=1S/C19H27N3O3S.ClH/c1-13-7-8-14(2)16(11-13)26(23,24)19(9-5-6-10-19)18-21-17(22-25-18)12-15(3)20-4;/h7-8,11,15,20H,5-6,9-10,12H2,1-4H3;1H. The largest absolute Gasteiger partial charge is 0.338 e. The van der Waals surface area contributed by atoms with Gasteiger partial charge in [-0.2, -0.15) is 4.98 Å². The van der Waals surface area contributed by atoms with Gasteiger partial charge in [0.25, 0.3) is 0 Å². The summed E-state index contributed by atoms with van der Waals surface area (Å²) in [5, 5.41) is 7.18. The van der Waals surface area contributed by atoms with Crippen LogP contribution < -0.4 is 5.32 Å². The maximum absolute atomic E-state index is 13.7. The number of benzene rings is 1. The number of likely N-dealkylation sites (N-methyl/N-ethyl adjacent to an activating group) is 1. The van der Waals surface area contributed by atoms with Crippen molar-refractivity contribution in [3.63, 3.8) is 0 Å². The van der Waals surface area contributed by atoms with Gasteiger partial charge < -0.3 is 9.84 Å². The molecular formula is C19H28ClN3O3S. The Kier molecular flexibility index (Phi) is 6.71. The fraction of sp³-hybridized carbons (Fsp3) is 0.579. The molecular weight excluding hydrogens is 386 g/mol. The van der Waals surface area contributed by atoms with Crippen molar-refractivity contribution in [3.05, 3.63) is 41.0 Å². The second-order valence-electron chi connectivity index (χ2n) is 7.38. The molecule has 1 fully saturated rings. The summed E-state index contributed by atoms with van der Waals surface area (Å²) in [7, 11) is -1.77. The van der Waals surface area contributed by atoms with E-state index < -0.39 is 14.6 Å². The van der Waals surface area contributed by atoms with E-state index in [-0.39, 0.29) is 24.3 Å². The van der Waals surface area contributed by atoms with Gasteiger partial charge in [-0.15, -0.1) is 12.4 Å².